The molecule has 0 amide bonds. The lowest BCUT2D eigenvalue weighted by Gasteiger charge is -2.18. The van der Waals surface area contributed by atoms with E-state index in [4.69, 9.17) is 14.2 Å². The molecule has 0 bridgehead atoms. The van der Waals surface area contributed by atoms with Gasteiger partial charge in [0.1, 0.15) is 13.2 Å². The van der Waals surface area contributed by atoms with E-state index in [0.717, 1.165) is 89.9 Å². The summed E-state index contributed by atoms with van der Waals surface area (Å²) in [6, 6.07) is 0. The van der Waals surface area contributed by atoms with Crippen LogP contribution in [-0.4, -0.2) is 37.2 Å². The van der Waals surface area contributed by atoms with Crippen molar-refractivity contribution in [2.24, 2.45) is 0 Å². The third-order valence-corrected chi connectivity index (χ3v) is 10.1. The molecule has 0 aliphatic carbocycles. The summed E-state index contributed by atoms with van der Waals surface area (Å²) >= 11 is 0. The number of rotatable bonds is 42. The van der Waals surface area contributed by atoms with Crippen LogP contribution in [0.5, 0.6) is 0 Å². The Hall–Kier alpha value is -2.37. The number of hydrogen-bond acceptors (Lipinski definition) is 6. The van der Waals surface area contributed by atoms with Gasteiger partial charge in [-0.1, -0.05) is 186 Å². The van der Waals surface area contributed by atoms with Gasteiger partial charge in [0.2, 0.25) is 0 Å². The molecule has 0 radical (unpaired) electrons. The molecule has 1 atom stereocenters. The van der Waals surface area contributed by atoms with Crippen LogP contribution in [0.15, 0.2) is 36.5 Å². The van der Waals surface area contributed by atoms with Crippen molar-refractivity contribution >= 4 is 17.9 Å². The van der Waals surface area contributed by atoms with Crippen LogP contribution in [0.1, 0.15) is 239 Å². The molecule has 0 aliphatic rings. The number of carbonyl (C=O) groups excluding carboxylic acids is 3. The molecule has 0 saturated carbocycles. The van der Waals surface area contributed by atoms with Crippen LogP contribution in [0.25, 0.3) is 0 Å². The van der Waals surface area contributed by atoms with Gasteiger partial charge in [-0.2, -0.15) is 0 Å². The fourth-order valence-electron chi connectivity index (χ4n) is 6.59. The van der Waals surface area contributed by atoms with E-state index < -0.39 is 6.10 Å². The molecule has 0 heterocycles. The topological polar surface area (TPSA) is 78.9 Å². The molecular weight excluding hydrogens is 685 g/mol. The smallest absolute Gasteiger partial charge is 0.306 e. The van der Waals surface area contributed by atoms with Crippen LogP contribution in [0.4, 0.5) is 0 Å². The normalized spacial score (nSPS) is 12.3. The lowest BCUT2D eigenvalue weighted by molar-refractivity contribution is -0.167. The highest BCUT2D eigenvalue weighted by Gasteiger charge is 2.19. The lowest BCUT2D eigenvalue weighted by Crippen LogP contribution is -2.30. The summed E-state index contributed by atoms with van der Waals surface area (Å²) in [5.74, 6) is -0.902. The molecule has 0 aliphatic heterocycles. The Balaban J connectivity index is 4.38. The number of unbranched alkanes of at least 4 members (excludes halogenated alkanes) is 25. The molecular formula is C49H88O6. The minimum Gasteiger partial charge on any atom is -0.462 e. The van der Waals surface area contributed by atoms with Gasteiger partial charge in [-0.05, 0) is 70.6 Å². The molecule has 0 aromatic heterocycles. The predicted molar refractivity (Wildman–Crippen MR) is 233 cm³/mol. The number of allylic oxidation sites excluding steroid dienone is 6. The highest BCUT2D eigenvalue weighted by Crippen LogP contribution is 2.14. The second kappa shape index (κ2) is 44.3. The average molecular weight is 773 g/mol. The van der Waals surface area contributed by atoms with Gasteiger partial charge in [0.25, 0.3) is 0 Å². The van der Waals surface area contributed by atoms with E-state index in [2.05, 4.69) is 57.2 Å². The van der Waals surface area contributed by atoms with E-state index in [9.17, 15) is 14.4 Å². The second-order valence-corrected chi connectivity index (χ2v) is 15.6. The number of hydrogen-bond donors (Lipinski definition) is 0. The molecule has 0 N–H and O–H groups in total. The SMILES string of the molecule is CC/C=C\C/C=C\CCCCCCCCCC(=O)OCC(COC(=O)CCCCCCCCCCCC)OC(=O)CCCCC/C=C\CCCCCCCC. The average Bonchev–Trinajstić information content (AvgIpc) is 3.18. The molecule has 55 heavy (non-hydrogen) atoms. The van der Waals surface area contributed by atoms with Crippen molar-refractivity contribution in [2.75, 3.05) is 13.2 Å². The van der Waals surface area contributed by atoms with E-state index in [1.165, 1.54) is 109 Å². The Kier molecular flexibility index (Phi) is 42.4. The van der Waals surface area contributed by atoms with Crippen LogP contribution < -0.4 is 0 Å². The number of ether oxygens (including phenoxy) is 3. The van der Waals surface area contributed by atoms with Gasteiger partial charge in [0, 0.05) is 19.3 Å². The highest BCUT2D eigenvalue weighted by atomic mass is 16.6. The van der Waals surface area contributed by atoms with Gasteiger partial charge in [0.05, 0.1) is 0 Å². The van der Waals surface area contributed by atoms with Crippen molar-refractivity contribution in [3.05, 3.63) is 36.5 Å². The molecule has 0 saturated heterocycles. The van der Waals surface area contributed by atoms with Crippen molar-refractivity contribution < 1.29 is 28.6 Å². The molecule has 0 fully saturated rings. The van der Waals surface area contributed by atoms with Crippen LogP contribution in [-0.2, 0) is 28.6 Å². The first-order chi connectivity index (χ1) is 27.0. The van der Waals surface area contributed by atoms with Crippen molar-refractivity contribution in [3.8, 4) is 0 Å². The summed E-state index contributed by atoms with van der Waals surface area (Å²) in [7, 11) is 0. The second-order valence-electron chi connectivity index (χ2n) is 15.6. The summed E-state index contributed by atoms with van der Waals surface area (Å²) < 4.78 is 16.7. The maximum Gasteiger partial charge on any atom is 0.306 e. The molecule has 1 unspecified atom stereocenters. The molecule has 0 spiro atoms. The molecule has 6 nitrogen and oxygen atoms in total. The quantitative estimate of drug-likeness (QED) is 0.0266. The first kappa shape index (κ1) is 52.6. The first-order valence-corrected chi connectivity index (χ1v) is 23.5. The molecule has 0 aromatic carbocycles. The minimum absolute atomic E-state index is 0.0787. The fraction of sp³-hybridized carbons (Fsp3) is 0.816. The van der Waals surface area contributed by atoms with Crippen LogP contribution in [0.3, 0.4) is 0 Å². The summed E-state index contributed by atoms with van der Waals surface area (Å²) in [5.41, 5.74) is 0. The van der Waals surface area contributed by atoms with Crippen LogP contribution >= 0.6 is 0 Å². The Labute approximate surface area is 340 Å². The Morgan fingerprint density at radius 1 is 0.382 bits per heavy atom. The van der Waals surface area contributed by atoms with Crippen molar-refractivity contribution in [2.45, 2.75) is 245 Å². The van der Waals surface area contributed by atoms with E-state index in [1.807, 2.05) is 0 Å². The Morgan fingerprint density at radius 2 is 0.709 bits per heavy atom. The van der Waals surface area contributed by atoms with Gasteiger partial charge < -0.3 is 14.2 Å². The van der Waals surface area contributed by atoms with Gasteiger partial charge in [-0.3, -0.25) is 14.4 Å². The summed E-state index contributed by atoms with van der Waals surface area (Å²) in [6.45, 7) is 6.49. The number of carbonyl (C=O) groups is 3. The van der Waals surface area contributed by atoms with Crippen molar-refractivity contribution in [1.29, 1.82) is 0 Å². The van der Waals surface area contributed by atoms with E-state index in [1.54, 1.807) is 0 Å². The zero-order valence-corrected chi connectivity index (χ0v) is 36.4. The van der Waals surface area contributed by atoms with E-state index in [-0.39, 0.29) is 31.1 Å². The molecule has 0 aromatic rings. The third kappa shape index (κ3) is 42.6. The summed E-state index contributed by atoms with van der Waals surface area (Å²) in [5, 5.41) is 0. The molecule has 6 heteroatoms. The maximum atomic E-state index is 12.7. The zero-order chi connectivity index (χ0) is 40.1. The number of esters is 3. The van der Waals surface area contributed by atoms with E-state index in [0.29, 0.717) is 19.3 Å². The Bertz CT molecular complexity index is 938. The van der Waals surface area contributed by atoms with Crippen LogP contribution in [0.2, 0.25) is 0 Å². The van der Waals surface area contributed by atoms with Crippen molar-refractivity contribution in [3.63, 3.8) is 0 Å². The molecule has 0 rings (SSSR count). The predicted octanol–water partition coefficient (Wildman–Crippen LogP) is 15.0. The van der Waals surface area contributed by atoms with Gasteiger partial charge in [0.15, 0.2) is 6.10 Å². The minimum atomic E-state index is -0.777. The van der Waals surface area contributed by atoms with Gasteiger partial charge in [-0.25, -0.2) is 0 Å². The lowest BCUT2D eigenvalue weighted by atomic mass is 10.1. The zero-order valence-electron chi connectivity index (χ0n) is 36.4. The monoisotopic (exact) mass is 773 g/mol. The van der Waals surface area contributed by atoms with Gasteiger partial charge >= 0.3 is 17.9 Å². The fourth-order valence-corrected chi connectivity index (χ4v) is 6.59. The van der Waals surface area contributed by atoms with E-state index >= 15 is 0 Å². The Morgan fingerprint density at radius 3 is 1.13 bits per heavy atom. The first-order valence-electron chi connectivity index (χ1n) is 23.5. The van der Waals surface area contributed by atoms with Gasteiger partial charge in [-0.15, -0.1) is 0 Å². The third-order valence-electron chi connectivity index (χ3n) is 10.1. The van der Waals surface area contributed by atoms with Crippen LogP contribution in [0, 0.1) is 0 Å². The highest BCUT2D eigenvalue weighted by molar-refractivity contribution is 5.71. The standard InChI is InChI=1S/C49H88O6/c1-4-7-10-13-16-19-22-24-26-27-30-33-36-39-42-48(51)54-45-46(44-53-47(50)41-38-35-32-29-21-18-15-12-9-6-3)55-49(52)43-40-37-34-31-28-25-23-20-17-14-11-8-5-2/h7,10,16,19,25,28,46H,4-6,8-9,11-15,17-18,20-24,26-27,29-45H2,1-3H3/b10-7-,19-16-,28-25-. The summed E-state index contributed by atoms with van der Waals surface area (Å²) in [4.78, 5) is 37.7. The van der Waals surface area contributed by atoms with Crippen molar-refractivity contribution in [1.82, 2.24) is 0 Å². The molecule has 320 valence electrons. The largest absolute Gasteiger partial charge is 0.462 e. The maximum absolute atomic E-state index is 12.7. The summed E-state index contributed by atoms with van der Waals surface area (Å²) in [6.07, 6.45) is 49.8.